The van der Waals surface area contributed by atoms with Crippen LogP contribution >= 0.6 is 23.1 Å². The Labute approximate surface area is 251 Å². The monoisotopic (exact) mass is 603 g/mol. The number of aromatic nitrogens is 1. The zero-order valence-corrected chi connectivity index (χ0v) is 26.0. The first kappa shape index (κ1) is 29.3. The molecule has 4 aromatic rings. The van der Waals surface area contributed by atoms with Crippen LogP contribution in [-0.2, 0) is 16.7 Å². The van der Waals surface area contributed by atoms with Crippen LogP contribution in [0.2, 0.25) is 0 Å². The maximum atomic E-state index is 11.4. The fourth-order valence-electron chi connectivity index (χ4n) is 4.93. The maximum absolute atomic E-state index is 11.4. The lowest BCUT2D eigenvalue weighted by molar-refractivity contribution is -0.668. The van der Waals surface area contributed by atoms with Gasteiger partial charge in [-0.05, 0) is 66.8 Å². The lowest BCUT2D eigenvalue weighted by Crippen LogP contribution is -2.36. The molecule has 8 heteroatoms. The van der Waals surface area contributed by atoms with E-state index in [2.05, 4.69) is 115 Å². The van der Waals surface area contributed by atoms with Gasteiger partial charge in [0.05, 0.1) is 16.5 Å². The third kappa shape index (κ3) is 7.19. The summed E-state index contributed by atoms with van der Waals surface area (Å²) in [5.74, 6) is -0.250. The Morgan fingerprint density at radius 2 is 1.78 bits per heavy atom. The molecule has 5 nitrogen and oxygen atoms in total. The topological polar surface area (TPSA) is 61.5 Å². The van der Waals surface area contributed by atoms with E-state index in [1.54, 1.807) is 23.1 Å². The molecular weight excluding hydrogens is 569 g/mol. The average Bonchev–Trinajstić information content (AvgIpc) is 3.47. The summed E-state index contributed by atoms with van der Waals surface area (Å²) in [6.07, 6.45) is 10.0. The first-order chi connectivity index (χ1) is 19.7. The van der Waals surface area contributed by atoms with Crippen LogP contribution in [0.5, 0.6) is 0 Å². The van der Waals surface area contributed by atoms with Crippen molar-refractivity contribution in [1.29, 1.82) is 0 Å². The highest BCUT2D eigenvalue weighted by atomic mass is 32.2. The second kappa shape index (κ2) is 12.8. The molecule has 0 bridgehead atoms. The summed E-state index contributed by atoms with van der Waals surface area (Å²) in [7, 11) is -4.00. The first-order valence-corrected chi connectivity index (χ1v) is 17.1. The summed E-state index contributed by atoms with van der Waals surface area (Å²) in [4.78, 5) is 3.63. The Kier molecular flexibility index (Phi) is 9.14. The second-order valence-electron chi connectivity index (χ2n) is 10.1. The number of hydrogen-bond acceptors (Lipinski definition) is 5. The van der Waals surface area contributed by atoms with Crippen molar-refractivity contribution in [1.82, 2.24) is 0 Å². The summed E-state index contributed by atoms with van der Waals surface area (Å²) in [6.45, 7) is 7.80. The van der Waals surface area contributed by atoms with E-state index >= 15 is 0 Å². The largest absolute Gasteiger partial charge is 0.335 e. The summed E-state index contributed by atoms with van der Waals surface area (Å²) in [6, 6.07) is 23.4. The van der Waals surface area contributed by atoms with E-state index in [1.807, 2.05) is 6.07 Å². The van der Waals surface area contributed by atoms with Crippen molar-refractivity contribution in [3.8, 4) is 0 Å². The molecule has 0 fully saturated rings. The molecule has 0 radical (unpaired) electrons. The van der Waals surface area contributed by atoms with Crippen LogP contribution in [0.25, 0.3) is 28.4 Å². The Morgan fingerprint density at radius 3 is 2.51 bits per heavy atom. The van der Waals surface area contributed by atoms with Gasteiger partial charge in [0, 0.05) is 30.0 Å². The fraction of sp³-hybridized carbons (Fsp3) is 0.242. The van der Waals surface area contributed by atoms with Gasteiger partial charge in [0.25, 0.3) is 15.1 Å². The summed E-state index contributed by atoms with van der Waals surface area (Å²) >= 11 is 3.51. The number of allylic oxidation sites excluding steroid dienone is 2. The van der Waals surface area contributed by atoms with Gasteiger partial charge in [-0.15, -0.1) is 0 Å². The van der Waals surface area contributed by atoms with Gasteiger partial charge in [-0.3, -0.25) is 4.55 Å². The number of aryl methyl sites for hydroxylation is 2. The van der Waals surface area contributed by atoms with Crippen LogP contribution in [-0.4, -0.2) is 25.3 Å². The highest BCUT2D eigenvalue weighted by Gasteiger charge is 2.25. The van der Waals surface area contributed by atoms with Gasteiger partial charge in [0.2, 0.25) is 5.52 Å². The fourth-order valence-corrected chi connectivity index (χ4v) is 7.75. The van der Waals surface area contributed by atoms with Gasteiger partial charge in [-0.1, -0.05) is 84.6 Å². The second-order valence-corrected chi connectivity index (χ2v) is 13.8. The van der Waals surface area contributed by atoms with E-state index in [-0.39, 0.29) is 5.75 Å². The number of nitrogens with zero attached hydrogens (tertiary/aromatic N) is 2. The van der Waals surface area contributed by atoms with Crippen LogP contribution in [0.3, 0.4) is 0 Å². The quantitative estimate of drug-likeness (QED) is 0.112. The van der Waals surface area contributed by atoms with Crippen molar-refractivity contribution >= 4 is 67.3 Å². The van der Waals surface area contributed by atoms with E-state index in [0.29, 0.717) is 13.0 Å². The minimum Gasteiger partial charge on any atom is -0.335 e. The molecule has 0 spiro atoms. The van der Waals surface area contributed by atoms with Crippen molar-refractivity contribution in [3.05, 3.63) is 105 Å². The number of rotatable bonds is 10. The van der Waals surface area contributed by atoms with E-state index in [4.69, 9.17) is 0 Å². The molecule has 0 atom stereocenters. The molecular formula is C33H35N2O3S3+. The van der Waals surface area contributed by atoms with Crippen LogP contribution in [0.1, 0.15) is 48.4 Å². The number of fused-ring (bicyclic) bond motifs is 2. The highest BCUT2D eigenvalue weighted by Crippen LogP contribution is 2.47. The van der Waals surface area contributed by atoms with E-state index in [1.165, 1.54) is 32.3 Å². The number of thiazole rings is 1. The van der Waals surface area contributed by atoms with Crippen molar-refractivity contribution in [2.45, 2.75) is 45.1 Å². The van der Waals surface area contributed by atoms with Crippen LogP contribution in [0.15, 0.2) is 88.3 Å². The molecule has 1 aromatic heterocycles. The standard InChI is InChI=1S/C33H34N2O3S3/c1-4-25(23-33-35(18-9-19-41(36,37)38)28-20-24(3)12-16-30(28)40-33)22-32-34(5-2)29-21-27(15-17-31(29)39-32)14-13-26-10-7-6-8-11-26/h6-8,10-17,20-23H,4-5,9,18-19H2,1-3H3/p+1/b14-13+. The van der Waals surface area contributed by atoms with Gasteiger partial charge in [0.15, 0.2) is 6.54 Å². The van der Waals surface area contributed by atoms with Crippen molar-refractivity contribution in [2.75, 3.05) is 17.2 Å². The van der Waals surface area contributed by atoms with Gasteiger partial charge in [0.1, 0.15) is 4.70 Å². The zero-order valence-electron chi connectivity index (χ0n) is 23.6. The molecule has 41 heavy (non-hydrogen) atoms. The smallest absolute Gasteiger partial charge is 0.265 e. The minimum absolute atomic E-state index is 0.250. The Bertz CT molecular complexity index is 1750. The summed E-state index contributed by atoms with van der Waals surface area (Å²) in [5.41, 5.74) is 7.03. The number of thioether (sulfide) groups is 1. The maximum Gasteiger partial charge on any atom is 0.265 e. The Balaban J connectivity index is 1.45. The predicted molar refractivity (Wildman–Crippen MR) is 175 cm³/mol. The molecule has 0 saturated carbocycles. The van der Waals surface area contributed by atoms with E-state index in [0.717, 1.165) is 33.8 Å². The van der Waals surface area contributed by atoms with E-state index < -0.39 is 10.1 Å². The molecule has 0 amide bonds. The van der Waals surface area contributed by atoms with E-state index in [9.17, 15) is 13.0 Å². The predicted octanol–water partition coefficient (Wildman–Crippen LogP) is 8.21. The SMILES string of the molecule is CCC(=C\c1sc2ccc(C)cc2[n+]1CCCS(=O)(=O)O)/C=C1/Sc2ccc(/C=C/c3ccccc3)cc2N1CC. The third-order valence-electron chi connectivity index (χ3n) is 7.03. The van der Waals surface area contributed by atoms with Crippen LogP contribution in [0, 0.1) is 6.92 Å². The normalized spacial score (nSPS) is 15.0. The average molecular weight is 604 g/mol. The Morgan fingerprint density at radius 1 is 1.00 bits per heavy atom. The lowest BCUT2D eigenvalue weighted by Gasteiger charge is -2.18. The highest BCUT2D eigenvalue weighted by molar-refractivity contribution is 8.03. The number of hydrogen-bond donors (Lipinski definition) is 1. The molecule has 0 aliphatic carbocycles. The van der Waals surface area contributed by atoms with Gasteiger partial charge in [-0.25, -0.2) is 0 Å². The molecule has 3 aromatic carbocycles. The minimum atomic E-state index is -4.00. The molecule has 1 N–H and O–H groups in total. The van der Waals surface area contributed by atoms with Crippen LogP contribution in [0.4, 0.5) is 5.69 Å². The molecule has 1 aliphatic rings. The molecule has 212 valence electrons. The third-order valence-corrected chi connectivity index (χ3v) is 10.1. The van der Waals surface area contributed by atoms with Crippen molar-refractivity contribution in [3.63, 3.8) is 0 Å². The zero-order chi connectivity index (χ0) is 29.0. The number of benzene rings is 3. The summed E-state index contributed by atoms with van der Waals surface area (Å²) < 4.78 is 35.4. The van der Waals surface area contributed by atoms with Crippen molar-refractivity contribution < 1.29 is 17.5 Å². The summed E-state index contributed by atoms with van der Waals surface area (Å²) in [5, 5.41) is 2.28. The van der Waals surface area contributed by atoms with Crippen molar-refractivity contribution in [2.24, 2.45) is 0 Å². The molecule has 2 heterocycles. The molecule has 5 rings (SSSR count). The first-order valence-electron chi connectivity index (χ1n) is 13.9. The number of anilines is 1. The molecule has 0 unspecified atom stereocenters. The van der Waals surface area contributed by atoms with Crippen LogP contribution < -0.4 is 9.47 Å². The molecule has 0 saturated heterocycles. The lowest BCUT2D eigenvalue weighted by atomic mass is 10.1. The van der Waals surface area contributed by atoms with Gasteiger partial charge < -0.3 is 4.90 Å². The Hall–Kier alpha value is -3.17. The molecule has 1 aliphatic heterocycles. The van der Waals surface area contributed by atoms with Gasteiger partial charge >= 0.3 is 0 Å². The van der Waals surface area contributed by atoms with Gasteiger partial charge in [-0.2, -0.15) is 13.0 Å².